The number of halogens is 3. The highest BCUT2D eigenvalue weighted by molar-refractivity contribution is 6.30. The summed E-state index contributed by atoms with van der Waals surface area (Å²) in [4.78, 5) is 12.9. The number of nitro benzene ring substituents is 1. The third kappa shape index (κ3) is 4.46. The van der Waals surface area contributed by atoms with E-state index in [-0.39, 0.29) is 41.5 Å². The van der Waals surface area contributed by atoms with Gasteiger partial charge in [-0.25, -0.2) is 0 Å². The van der Waals surface area contributed by atoms with Crippen LogP contribution in [0.15, 0.2) is 18.2 Å². The molecule has 0 radical (unpaired) electrons. The Hall–Kier alpha value is -0.590. The van der Waals surface area contributed by atoms with Crippen LogP contribution in [0.5, 0.6) is 0 Å². The van der Waals surface area contributed by atoms with Crippen molar-refractivity contribution in [2.75, 3.05) is 26.2 Å². The van der Waals surface area contributed by atoms with E-state index in [1.54, 1.807) is 12.1 Å². The largest absolute Gasteiger partial charge is 0.314 e. The van der Waals surface area contributed by atoms with Gasteiger partial charge in [-0.15, -0.1) is 24.8 Å². The normalized spacial score (nSPS) is 16.7. The molecule has 0 aliphatic carbocycles. The molecule has 2 rings (SSSR count). The van der Waals surface area contributed by atoms with Gasteiger partial charge in [0.15, 0.2) is 0 Å². The van der Waals surface area contributed by atoms with Crippen molar-refractivity contribution in [1.29, 1.82) is 0 Å². The van der Waals surface area contributed by atoms with Crippen molar-refractivity contribution in [2.24, 2.45) is 0 Å². The first-order valence-electron chi connectivity index (χ1n) is 5.98. The van der Waals surface area contributed by atoms with Crippen molar-refractivity contribution < 1.29 is 4.92 Å². The first-order valence-corrected chi connectivity index (χ1v) is 6.36. The average Bonchev–Trinajstić information content (AvgIpc) is 2.38. The van der Waals surface area contributed by atoms with Gasteiger partial charge >= 0.3 is 0 Å². The summed E-state index contributed by atoms with van der Waals surface area (Å²) < 4.78 is 0. The molecule has 1 aliphatic heterocycles. The van der Waals surface area contributed by atoms with E-state index in [0.29, 0.717) is 10.6 Å². The molecule has 0 unspecified atom stereocenters. The molecule has 0 spiro atoms. The molecule has 1 aromatic carbocycles. The Bertz CT molecular complexity index is 454. The minimum atomic E-state index is -0.343. The van der Waals surface area contributed by atoms with Crippen molar-refractivity contribution in [3.63, 3.8) is 0 Å². The Balaban J connectivity index is 0.00000180. The molecule has 1 aromatic rings. The summed E-state index contributed by atoms with van der Waals surface area (Å²) in [6.45, 7) is 5.61. The summed E-state index contributed by atoms with van der Waals surface area (Å²) in [6.07, 6.45) is 0. The van der Waals surface area contributed by atoms with Crippen molar-refractivity contribution in [1.82, 2.24) is 10.2 Å². The van der Waals surface area contributed by atoms with Gasteiger partial charge in [0.05, 0.1) is 4.92 Å². The molecule has 114 valence electrons. The average molecular weight is 343 g/mol. The van der Waals surface area contributed by atoms with E-state index >= 15 is 0 Å². The summed E-state index contributed by atoms with van der Waals surface area (Å²) in [6, 6.07) is 4.75. The van der Waals surface area contributed by atoms with Crippen molar-refractivity contribution >= 4 is 42.1 Å². The van der Waals surface area contributed by atoms with Gasteiger partial charge in [0.2, 0.25) is 0 Å². The fourth-order valence-electron chi connectivity index (χ4n) is 2.29. The maximum atomic E-state index is 11.1. The van der Waals surface area contributed by atoms with Crippen molar-refractivity contribution in [2.45, 2.75) is 13.0 Å². The predicted molar refractivity (Wildman–Crippen MR) is 85.5 cm³/mol. The van der Waals surface area contributed by atoms with Gasteiger partial charge in [-0.05, 0) is 19.1 Å². The van der Waals surface area contributed by atoms with Gasteiger partial charge in [-0.1, -0.05) is 11.6 Å². The van der Waals surface area contributed by atoms with Gasteiger partial charge in [-0.2, -0.15) is 0 Å². The zero-order chi connectivity index (χ0) is 13.1. The summed E-state index contributed by atoms with van der Waals surface area (Å²) in [7, 11) is 0. The van der Waals surface area contributed by atoms with E-state index in [4.69, 9.17) is 11.6 Å². The second-order valence-corrected chi connectivity index (χ2v) is 4.86. The van der Waals surface area contributed by atoms with E-state index in [2.05, 4.69) is 10.2 Å². The van der Waals surface area contributed by atoms with Crippen LogP contribution in [-0.4, -0.2) is 36.0 Å². The minimum Gasteiger partial charge on any atom is -0.314 e. The number of nitrogens with zero attached hydrogens (tertiary/aromatic N) is 2. The number of rotatable bonds is 3. The lowest BCUT2D eigenvalue weighted by Crippen LogP contribution is -2.44. The molecule has 1 atom stereocenters. The van der Waals surface area contributed by atoms with Crippen LogP contribution in [0.2, 0.25) is 5.02 Å². The molecular formula is C12H18Cl3N3O2. The highest BCUT2D eigenvalue weighted by Gasteiger charge is 2.25. The number of hydrogen-bond acceptors (Lipinski definition) is 4. The van der Waals surface area contributed by atoms with Crippen LogP contribution in [0.3, 0.4) is 0 Å². The van der Waals surface area contributed by atoms with Crippen LogP contribution in [-0.2, 0) is 0 Å². The minimum absolute atomic E-state index is 0. The molecule has 1 N–H and O–H groups in total. The van der Waals surface area contributed by atoms with Gasteiger partial charge in [0, 0.05) is 48.9 Å². The molecule has 8 heteroatoms. The second-order valence-electron chi connectivity index (χ2n) is 4.42. The SMILES string of the molecule is C[C@H](c1cc(Cl)ccc1[N+](=O)[O-])N1CCNCC1.Cl.Cl. The van der Waals surface area contributed by atoms with Crippen LogP contribution in [0.4, 0.5) is 5.69 Å². The number of nitro groups is 1. The first-order chi connectivity index (χ1) is 8.59. The summed E-state index contributed by atoms with van der Waals surface area (Å²) in [5, 5.41) is 14.9. The third-order valence-corrected chi connectivity index (χ3v) is 3.57. The topological polar surface area (TPSA) is 58.4 Å². The van der Waals surface area contributed by atoms with Crippen LogP contribution < -0.4 is 5.32 Å². The Morgan fingerprint density at radius 1 is 1.35 bits per heavy atom. The second kappa shape index (κ2) is 8.64. The highest BCUT2D eigenvalue weighted by Crippen LogP contribution is 2.31. The summed E-state index contributed by atoms with van der Waals surface area (Å²) in [5.74, 6) is 0. The Morgan fingerprint density at radius 3 is 2.50 bits per heavy atom. The van der Waals surface area contributed by atoms with Crippen LogP contribution in [0, 0.1) is 10.1 Å². The maximum Gasteiger partial charge on any atom is 0.274 e. The maximum absolute atomic E-state index is 11.1. The van der Waals surface area contributed by atoms with Crippen LogP contribution >= 0.6 is 36.4 Å². The molecular weight excluding hydrogens is 325 g/mol. The zero-order valence-corrected chi connectivity index (χ0v) is 13.4. The molecule has 0 amide bonds. The summed E-state index contributed by atoms with van der Waals surface area (Å²) >= 11 is 5.95. The Labute approximate surface area is 135 Å². The van der Waals surface area contributed by atoms with Crippen molar-refractivity contribution in [3.05, 3.63) is 38.9 Å². The monoisotopic (exact) mass is 341 g/mol. The lowest BCUT2D eigenvalue weighted by Gasteiger charge is -2.32. The molecule has 0 saturated carbocycles. The Kier molecular flexibility index (Phi) is 8.39. The van der Waals surface area contributed by atoms with Gasteiger partial charge in [0.1, 0.15) is 0 Å². The molecule has 1 heterocycles. The van der Waals surface area contributed by atoms with E-state index in [1.807, 2.05) is 6.92 Å². The van der Waals surface area contributed by atoms with Gasteiger partial charge < -0.3 is 5.32 Å². The van der Waals surface area contributed by atoms with E-state index < -0.39 is 0 Å². The van der Waals surface area contributed by atoms with E-state index in [9.17, 15) is 10.1 Å². The number of benzene rings is 1. The quantitative estimate of drug-likeness (QED) is 0.677. The first kappa shape index (κ1) is 19.4. The lowest BCUT2D eigenvalue weighted by molar-refractivity contribution is -0.386. The Morgan fingerprint density at radius 2 is 1.95 bits per heavy atom. The lowest BCUT2D eigenvalue weighted by atomic mass is 10.0. The van der Waals surface area contributed by atoms with Crippen LogP contribution in [0.1, 0.15) is 18.5 Å². The van der Waals surface area contributed by atoms with Gasteiger partial charge in [-0.3, -0.25) is 15.0 Å². The van der Waals surface area contributed by atoms with Crippen molar-refractivity contribution in [3.8, 4) is 0 Å². The third-order valence-electron chi connectivity index (χ3n) is 3.34. The molecule has 0 bridgehead atoms. The fraction of sp³-hybridized carbons (Fsp3) is 0.500. The molecule has 1 saturated heterocycles. The highest BCUT2D eigenvalue weighted by atomic mass is 35.5. The molecule has 0 aromatic heterocycles. The number of hydrogen-bond donors (Lipinski definition) is 1. The summed E-state index contributed by atoms with van der Waals surface area (Å²) in [5.41, 5.74) is 0.833. The molecule has 1 fully saturated rings. The van der Waals surface area contributed by atoms with E-state index in [1.165, 1.54) is 6.07 Å². The zero-order valence-electron chi connectivity index (χ0n) is 11.0. The number of piperazine rings is 1. The molecule has 1 aliphatic rings. The van der Waals surface area contributed by atoms with E-state index in [0.717, 1.165) is 26.2 Å². The molecule has 5 nitrogen and oxygen atoms in total. The standard InChI is InChI=1S/C12H16ClN3O2.2ClH/c1-9(15-6-4-14-5-7-15)11-8-10(13)2-3-12(11)16(17)18;;/h2-3,8-9,14H,4-7H2,1H3;2*1H/t9-;;/m1../s1. The van der Waals surface area contributed by atoms with Gasteiger partial charge in [0.25, 0.3) is 5.69 Å². The molecule has 20 heavy (non-hydrogen) atoms. The predicted octanol–water partition coefficient (Wildman–Crippen LogP) is 3.06. The fourth-order valence-corrected chi connectivity index (χ4v) is 2.47. The smallest absolute Gasteiger partial charge is 0.274 e. The number of nitrogens with one attached hydrogen (secondary N) is 1. The van der Waals surface area contributed by atoms with Crippen LogP contribution in [0.25, 0.3) is 0 Å².